The van der Waals surface area contributed by atoms with Crippen molar-refractivity contribution in [3.05, 3.63) is 133 Å². The number of allylic oxidation sites excluding steroid dienone is 4. The molecule has 0 fully saturated rings. The van der Waals surface area contributed by atoms with Gasteiger partial charge in [0, 0.05) is 61.0 Å². The van der Waals surface area contributed by atoms with E-state index in [2.05, 4.69) is 112 Å². The number of aromatic nitrogens is 2. The molecule has 0 atom stereocenters. The summed E-state index contributed by atoms with van der Waals surface area (Å²) >= 11 is 0. The Balaban J connectivity index is 1.27. The zero-order valence-corrected chi connectivity index (χ0v) is 25.8. The van der Waals surface area contributed by atoms with Crippen molar-refractivity contribution in [2.45, 2.75) is 25.7 Å². The Morgan fingerprint density at radius 3 is 2.32 bits per heavy atom. The van der Waals surface area contributed by atoms with Gasteiger partial charge in [0.2, 0.25) is 0 Å². The molecule has 0 saturated heterocycles. The number of hydrogen-bond acceptors (Lipinski definition) is 3. The first kappa shape index (κ1) is 26.3. The molecule has 0 aliphatic heterocycles. The van der Waals surface area contributed by atoms with Crippen LogP contribution in [0.25, 0.3) is 77.5 Å². The largest absolute Gasteiger partial charge is 0.456 e. The highest BCUT2D eigenvalue weighted by Crippen LogP contribution is 2.48. The Hall–Kier alpha value is -5.94. The van der Waals surface area contributed by atoms with Crippen molar-refractivity contribution < 1.29 is 4.42 Å². The van der Waals surface area contributed by atoms with Crippen molar-refractivity contribution in [2.24, 2.45) is 0 Å². The molecule has 0 bridgehead atoms. The van der Waals surface area contributed by atoms with Gasteiger partial charge in [0.05, 0.1) is 22.2 Å². The molecule has 47 heavy (non-hydrogen) atoms. The van der Waals surface area contributed by atoms with Gasteiger partial charge in [-0.1, -0.05) is 60.7 Å². The highest BCUT2D eigenvalue weighted by molar-refractivity contribution is 6.11. The van der Waals surface area contributed by atoms with Gasteiger partial charge < -0.3 is 25.0 Å². The van der Waals surface area contributed by atoms with E-state index in [4.69, 9.17) is 15.9 Å². The predicted molar refractivity (Wildman–Crippen MR) is 196 cm³/mol. The van der Waals surface area contributed by atoms with Gasteiger partial charge in [-0.3, -0.25) is 0 Å². The van der Waals surface area contributed by atoms with E-state index in [9.17, 15) is 0 Å². The summed E-state index contributed by atoms with van der Waals surface area (Å²) in [5.41, 5.74) is 27.4. The van der Waals surface area contributed by atoms with Crippen molar-refractivity contribution in [1.29, 1.82) is 0 Å². The zero-order chi connectivity index (χ0) is 31.2. The average Bonchev–Trinajstić information content (AvgIpc) is 3.75. The monoisotopic (exact) mass is 608 g/mol. The molecule has 5 nitrogen and oxygen atoms in total. The van der Waals surface area contributed by atoms with Gasteiger partial charge in [-0.15, -0.1) is 0 Å². The quantitative estimate of drug-likeness (QED) is 0.196. The SMILES string of the molecule is Nc1ccc2c(c1)c1ccccc1n2-c1cccc(N)c1-c1ccc2c(c1)c1c(n2C2=CC=CCC2)CCc2c-1oc1ccccc21. The summed E-state index contributed by atoms with van der Waals surface area (Å²) in [5, 5.41) is 4.70. The Kier molecular flexibility index (Phi) is 5.47. The minimum absolute atomic E-state index is 0.737. The standard InChI is InChI=1S/C42H32N4O/c43-26-18-21-35-31(24-26)28-11-4-6-14-34(28)46(35)37-15-8-13-33(44)40(37)25-17-20-36-32(23-25)41-38(45(36)27-9-2-1-3-10-27)22-19-30-29-12-5-7-16-39(29)47-42(30)41/h1-2,4-9,11-18,20-21,23-24H,3,10,19,22,43-44H2. The van der Waals surface area contributed by atoms with Crippen LogP contribution in [0.3, 0.4) is 0 Å². The minimum Gasteiger partial charge on any atom is -0.456 e. The van der Waals surface area contributed by atoms with Crippen LogP contribution >= 0.6 is 0 Å². The lowest BCUT2D eigenvalue weighted by Gasteiger charge is -2.19. The Labute approximate surface area is 271 Å². The molecule has 3 heterocycles. The van der Waals surface area contributed by atoms with Crippen LogP contribution in [0.5, 0.6) is 0 Å². The number of aryl methyl sites for hydroxylation is 1. The van der Waals surface area contributed by atoms with E-state index in [1.165, 1.54) is 38.8 Å². The number of nitrogens with two attached hydrogens (primary N) is 2. The molecule has 226 valence electrons. The Bertz CT molecular complexity index is 2660. The molecule has 5 heteroatoms. The summed E-state index contributed by atoms with van der Waals surface area (Å²) in [4.78, 5) is 0. The van der Waals surface area contributed by atoms with E-state index < -0.39 is 0 Å². The molecule has 8 aromatic rings. The molecular formula is C42H32N4O. The number of anilines is 2. The van der Waals surface area contributed by atoms with E-state index in [1.807, 2.05) is 18.2 Å². The molecule has 2 aliphatic carbocycles. The van der Waals surface area contributed by atoms with Crippen molar-refractivity contribution in [2.75, 3.05) is 11.5 Å². The molecule has 0 spiro atoms. The summed E-state index contributed by atoms with van der Waals surface area (Å²) in [5.74, 6) is 1.00. The van der Waals surface area contributed by atoms with Crippen molar-refractivity contribution >= 4 is 60.7 Å². The Morgan fingerprint density at radius 2 is 1.43 bits per heavy atom. The fourth-order valence-electron chi connectivity index (χ4n) is 8.19. The van der Waals surface area contributed by atoms with Crippen LogP contribution in [0.2, 0.25) is 0 Å². The minimum atomic E-state index is 0.737. The zero-order valence-electron chi connectivity index (χ0n) is 25.8. The van der Waals surface area contributed by atoms with E-state index in [0.29, 0.717) is 0 Å². The number of para-hydroxylation sites is 2. The van der Waals surface area contributed by atoms with Crippen LogP contribution < -0.4 is 11.5 Å². The van der Waals surface area contributed by atoms with Crippen LogP contribution in [0, 0.1) is 0 Å². The summed E-state index contributed by atoms with van der Waals surface area (Å²) in [6.07, 6.45) is 10.7. The fourth-order valence-corrected chi connectivity index (χ4v) is 8.19. The van der Waals surface area contributed by atoms with Gasteiger partial charge in [0.1, 0.15) is 11.3 Å². The molecule has 0 unspecified atom stereocenters. The first-order valence-corrected chi connectivity index (χ1v) is 16.4. The lowest BCUT2D eigenvalue weighted by atomic mass is 9.91. The van der Waals surface area contributed by atoms with Gasteiger partial charge in [0.15, 0.2) is 0 Å². The van der Waals surface area contributed by atoms with E-state index >= 15 is 0 Å². The van der Waals surface area contributed by atoms with Crippen LogP contribution in [-0.4, -0.2) is 9.13 Å². The number of furan rings is 1. The smallest absolute Gasteiger partial charge is 0.141 e. The normalized spacial score (nSPS) is 14.3. The van der Waals surface area contributed by atoms with Gasteiger partial charge in [0.25, 0.3) is 0 Å². The second-order valence-electron chi connectivity index (χ2n) is 12.8. The number of hydrogen-bond donors (Lipinski definition) is 2. The summed E-state index contributed by atoms with van der Waals surface area (Å²) < 4.78 is 11.5. The molecule has 0 amide bonds. The maximum Gasteiger partial charge on any atom is 0.141 e. The lowest BCUT2D eigenvalue weighted by molar-refractivity contribution is 0.620. The summed E-state index contributed by atoms with van der Waals surface area (Å²) in [6, 6.07) is 36.2. The third-order valence-corrected chi connectivity index (χ3v) is 10.2. The van der Waals surface area contributed by atoms with Crippen molar-refractivity contribution in [3.63, 3.8) is 0 Å². The number of nitrogen functional groups attached to an aromatic ring is 2. The van der Waals surface area contributed by atoms with Crippen molar-refractivity contribution in [1.82, 2.24) is 9.13 Å². The molecule has 3 aromatic heterocycles. The van der Waals surface area contributed by atoms with Crippen LogP contribution in [0.4, 0.5) is 11.4 Å². The molecule has 4 N–H and O–H groups in total. The first-order chi connectivity index (χ1) is 23.2. The average molecular weight is 609 g/mol. The van der Waals surface area contributed by atoms with Crippen LogP contribution in [0.15, 0.2) is 126 Å². The maximum absolute atomic E-state index is 6.93. The number of fused-ring (bicyclic) bond motifs is 10. The predicted octanol–water partition coefficient (Wildman–Crippen LogP) is 10.3. The van der Waals surface area contributed by atoms with Crippen LogP contribution in [-0.2, 0) is 12.8 Å². The second-order valence-corrected chi connectivity index (χ2v) is 12.8. The van der Waals surface area contributed by atoms with E-state index in [1.54, 1.807) is 0 Å². The summed E-state index contributed by atoms with van der Waals surface area (Å²) in [7, 11) is 0. The van der Waals surface area contributed by atoms with E-state index in [0.717, 1.165) is 87.0 Å². The third-order valence-electron chi connectivity index (χ3n) is 10.2. The van der Waals surface area contributed by atoms with Gasteiger partial charge >= 0.3 is 0 Å². The Morgan fingerprint density at radius 1 is 0.617 bits per heavy atom. The van der Waals surface area contributed by atoms with E-state index in [-0.39, 0.29) is 0 Å². The van der Waals surface area contributed by atoms with Crippen LogP contribution in [0.1, 0.15) is 24.1 Å². The highest BCUT2D eigenvalue weighted by atomic mass is 16.3. The number of rotatable bonds is 3. The first-order valence-electron chi connectivity index (χ1n) is 16.4. The molecule has 0 radical (unpaired) electrons. The molecule has 0 saturated carbocycles. The van der Waals surface area contributed by atoms with Gasteiger partial charge in [-0.2, -0.15) is 0 Å². The molecule has 5 aromatic carbocycles. The maximum atomic E-state index is 6.93. The topological polar surface area (TPSA) is 75.0 Å². The van der Waals surface area contributed by atoms with Crippen molar-refractivity contribution in [3.8, 4) is 28.1 Å². The number of benzene rings is 5. The third kappa shape index (κ3) is 3.71. The molecular weight excluding hydrogens is 576 g/mol. The lowest BCUT2D eigenvalue weighted by Crippen LogP contribution is -2.08. The second kappa shape index (κ2) is 9.78. The number of nitrogens with zero attached hydrogens (tertiary/aromatic N) is 2. The molecule has 2 aliphatic rings. The molecule has 10 rings (SSSR count). The fraction of sp³-hybridized carbons (Fsp3) is 0.0952. The van der Waals surface area contributed by atoms with Gasteiger partial charge in [-0.05, 0) is 91.9 Å². The summed E-state index contributed by atoms with van der Waals surface area (Å²) in [6.45, 7) is 0. The van der Waals surface area contributed by atoms with Gasteiger partial charge in [-0.25, -0.2) is 0 Å². The highest BCUT2D eigenvalue weighted by Gasteiger charge is 2.30.